The lowest BCUT2D eigenvalue weighted by molar-refractivity contribution is -0.139. The highest BCUT2D eigenvalue weighted by atomic mass is 32.2. The molecule has 0 aromatic heterocycles. The van der Waals surface area contributed by atoms with E-state index >= 15 is 0 Å². The van der Waals surface area contributed by atoms with E-state index in [1.807, 2.05) is 6.26 Å². The molecule has 19 heavy (non-hydrogen) atoms. The van der Waals surface area contributed by atoms with E-state index in [1.165, 1.54) is 23.9 Å². The number of nitrogens with one attached hydrogen (secondary N) is 1. The van der Waals surface area contributed by atoms with Crippen molar-refractivity contribution in [2.24, 2.45) is 0 Å². The molecule has 0 bridgehead atoms. The lowest BCUT2D eigenvalue weighted by Gasteiger charge is -2.14. The average Bonchev–Trinajstić information content (AvgIpc) is 2.37. The lowest BCUT2D eigenvalue weighted by atomic mass is 10.1. The summed E-state index contributed by atoms with van der Waals surface area (Å²) in [5, 5.41) is 29.8. The van der Waals surface area contributed by atoms with Crippen LogP contribution in [0.25, 0.3) is 0 Å². The summed E-state index contributed by atoms with van der Waals surface area (Å²) >= 11 is 1.49. The largest absolute Gasteiger partial charge is 0.504 e. The predicted octanol–water partition coefficient (Wildman–Crippen LogP) is 1.03. The van der Waals surface area contributed by atoms with Crippen molar-refractivity contribution in [3.05, 3.63) is 23.8 Å². The molecule has 1 aromatic carbocycles. The Kier molecular flexibility index (Phi) is 5.50. The summed E-state index contributed by atoms with van der Waals surface area (Å²) in [7, 11) is 0. The first-order valence-corrected chi connectivity index (χ1v) is 6.89. The highest BCUT2D eigenvalue weighted by Crippen LogP contribution is 2.24. The fourth-order valence-electron chi connectivity index (χ4n) is 1.40. The van der Waals surface area contributed by atoms with Gasteiger partial charge in [0.25, 0.3) is 5.91 Å². The fraction of sp³-hybridized carbons (Fsp3) is 0.333. The molecular formula is C12H15NO5S. The number of carboxylic acid groups (broad SMARTS) is 1. The summed E-state index contributed by atoms with van der Waals surface area (Å²) in [5.41, 5.74) is 0.0886. The number of thioether (sulfide) groups is 1. The van der Waals surface area contributed by atoms with Crippen LogP contribution in [0.3, 0.4) is 0 Å². The van der Waals surface area contributed by atoms with Gasteiger partial charge in [0.2, 0.25) is 0 Å². The molecule has 1 atom stereocenters. The Morgan fingerprint density at radius 2 is 2.00 bits per heavy atom. The highest BCUT2D eigenvalue weighted by Gasteiger charge is 2.20. The van der Waals surface area contributed by atoms with Gasteiger partial charge in [-0.1, -0.05) is 0 Å². The highest BCUT2D eigenvalue weighted by molar-refractivity contribution is 7.98. The number of aliphatic carboxylic acids is 1. The maximum Gasteiger partial charge on any atom is 0.326 e. The van der Waals surface area contributed by atoms with Gasteiger partial charge in [-0.15, -0.1) is 0 Å². The number of aromatic hydroxyl groups is 2. The lowest BCUT2D eigenvalue weighted by Crippen LogP contribution is -2.41. The SMILES string of the molecule is CSCC[C@H](NC(=O)c1ccc(O)c(O)c1)C(=O)O. The normalized spacial score (nSPS) is 11.8. The Balaban J connectivity index is 2.75. The quantitative estimate of drug-likeness (QED) is 0.582. The first-order chi connectivity index (χ1) is 8.95. The van der Waals surface area contributed by atoms with Crippen molar-refractivity contribution in [1.29, 1.82) is 0 Å². The maximum atomic E-state index is 11.8. The second kappa shape index (κ2) is 6.89. The van der Waals surface area contributed by atoms with Gasteiger partial charge in [0, 0.05) is 5.56 Å². The van der Waals surface area contributed by atoms with Crippen LogP contribution in [0, 0.1) is 0 Å². The van der Waals surface area contributed by atoms with Gasteiger partial charge in [-0.2, -0.15) is 11.8 Å². The van der Waals surface area contributed by atoms with Crippen molar-refractivity contribution in [3.63, 3.8) is 0 Å². The van der Waals surface area contributed by atoms with E-state index in [0.29, 0.717) is 12.2 Å². The van der Waals surface area contributed by atoms with Crippen LogP contribution in [0.1, 0.15) is 16.8 Å². The maximum absolute atomic E-state index is 11.8. The number of carboxylic acids is 1. The zero-order valence-electron chi connectivity index (χ0n) is 10.3. The molecule has 0 fully saturated rings. The topological polar surface area (TPSA) is 107 Å². The summed E-state index contributed by atoms with van der Waals surface area (Å²) in [4.78, 5) is 22.8. The van der Waals surface area contributed by atoms with Crippen LogP contribution < -0.4 is 5.32 Å². The molecule has 0 spiro atoms. The van der Waals surface area contributed by atoms with E-state index < -0.39 is 23.7 Å². The van der Waals surface area contributed by atoms with Crippen LogP contribution in [0.5, 0.6) is 11.5 Å². The second-order valence-corrected chi connectivity index (χ2v) is 4.83. The number of carbonyl (C=O) groups is 2. The molecule has 7 heteroatoms. The number of amides is 1. The van der Waals surface area contributed by atoms with Gasteiger partial charge in [0.15, 0.2) is 11.5 Å². The smallest absolute Gasteiger partial charge is 0.326 e. The first-order valence-electron chi connectivity index (χ1n) is 5.50. The molecule has 0 radical (unpaired) electrons. The Labute approximate surface area is 114 Å². The van der Waals surface area contributed by atoms with E-state index in [2.05, 4.69) is 5.32 Å². The third-order valence-electron chi connectivity index (χ3n) is 2.45. The van der Waals surface area contributed by atoms with Gasteiger partial charge in [0.05, 0.1) is 0 Å². The van der Waals surface area contributed by atoms with Crippen LogP contribution in [0.15, 0.2) is 18.2 Å². The van der Waals surface area contributed by atoms with Crippen LogP contribution in [0.2, 0.25) is 0 Å². The Morgan fingerprint density at radius 3 is 2.53 bits per heavy atom. The molecular weight excluding hydrogens is 270 g/mol. The predicted molar refractivity (Wildman–Crippen MR) is 71.7 cm³/mol. The van der Waals surface area contributed by atoms with Crippen molar-refractivity contribution < 1.29 is 24.9 Å². The molecule has 0 aliphatic carbocycles. The number of rotatable bonds is 6. The number of carbonyl (C=O) groups excluding carboxylic acids is 1. The molecule has 1 amide bonds. The van der Waals surface area contributed by atoms with Gasteiger partial charge in [-0.3, -0.25) is 4.79 Å². The molecule has 0 saturated carbocycles. The summed E-state index contributed by atoms with van der Waals surface area (Å²) < 4.78 is 0. The number of hydrogen-bond acceptors (Lipinski definition) is 5. The molecule has 1 aromatic rings. The van der Waals surface area contributed by atoms with Gasteiger partial charge in [-0.25, -0.2) is 4.79 Å². The van der Waals surface area contributed by atoms with Crippen molar-refractivity contribution in [2.75, 3.05) is 12.0 Å². The standard InChI is InChI=1S/C12H15NO5S/c1-19-5-4-8(12(17)18)13-11(16)7-2-3-9(14)10(15)6-7/h2-3,6,8,14-15H,4-5H2,1H3,(H,13,16)(H,17,18)/t8-/m0/s1. The third-order valence-corrected chi connectivity index (χ3v) is 3.10. The number of benzene rings is 1. The minimum absolute atomic E-state index is 0.0886. The Hall–Kier alpha value is -1.89. The fourth-order valence-corrected chi connectivity index (χ4v) is 1.87. The van der Waals surface area contributed by atoms with Crippen molar-refractivity contribution in [2.45, 2.75) is 12.5 Å². The molecule has 0 aliphatic heterocycles. The van der Waals surface area contributed by atoms with Crippen LogP contribution in [0.4, 0.5) is 0 Å². The van der Waals surface area contributed by atoms with Crippen molar-refractivity contribution >= 4 is 23.6 Å². The monoisotopic (exact) mass is 285 g/mol. The summed E-state index contributed by atoms with van der Waals surface area (Å²) in [6.45, 7) is 0. The molecule has 0 heterocycles. The minimum atomic E-state index is -1.11. The molecule has 0 unspecified atom stereocenters. The van der Waals surface area contributed by atoms with E-state index in [4.69, 9.17) is 10.2 Å². The van der Waals surface area contributed by atoms with Gasteiger partial charge in [-0.05, 0) is 36.6 Å². The van der Waals surface area contributed by atoms with Gasteiger partial charge in [0.1, 0.15) is 6.04 Å². The number of hydrogen-bond donors (Lipinski definition) is 4. The summed E-state index contributed by atoms with van der Waals surface area (Å²) in [6.07, 6.45) is 2.16. The molecule has 0 saturated heterocycles. The Morgan fingerprint density at radius 1 is 1.32 bits per heavy atom. The van der Waals surface area contributed by atoms with E-state index in [1.54, 1.807) is 0 Å². The molecule has 4 N–H and O–H groups in total. The van der Waals surface area contributed by atoms with Crippen molar-refractivity contribution in [3.8, 4) is 11.5 Å². The van der Waals surface area contributed by atoms with Crippen LogP contribution >= 0.6 is 11.8 Å². The molecule has 104 valence electrons. The molecule has 1 rings (SSSR count). The first kappa shape index (κ1) is 15.2. The molecule has 0 aliphatic rings. The van der Waals surface area contributed by atoms with Gasteiger partial charge >= 0.3 is 5.97 Å². The molecule has 6 nitrogen and oxygen atoms in total. The number of phenols is 2. The zero-order valence-corrected chi connectivity index (χ0v) is 11.1. The van der Waals surface area contributed by atoms with Gasteiger partial charge < -0.3 is 20.6 Å². The zero-order chi connectivity index (χ0) is 14.4. The van der Waals surface area contributed by atoms with Crippen molar-refractivity contribution in [1.82, 2.24) is 5.32 Å². The second-order valence-electron chi connectivity index (χ2n) is 3.85. The summed E-state index contributed by atoms with van der Waals surface area (Å²) in [6, 6.07) is 2.58. The minimum Gasteiger partial charge on any atom is -0.504 e. The van der Waals surface area contributed by atoms with E-state index in [-0.39, 0.29) is 11.3 Å². The van der Waals surface area contributed by atoms with Crippen LogP contribution in [-0.4, -0.2) is 45.2 Å². The number of phenolic OH excluding ortho intramolecular Hbond substituents is 2. The average molecular weight is 285 g/mol. The summed E-state index contributed by atoms with van der Waals surface area (Å²) in [5.74, 6) is -1.87. The third kappa shape index (κ3) is 4.36. The van der Waals surface area contributed by atoms with E-state index in [0.717, 1.165) is 6.07 Å². The Bertz CT molecular complexity index is 477. The van der Waals surface area contributed by atoms with Crippen LogP contribution in [-0.2, 0) is 4.79 Å². The van der Waals surface area contributed by atoms with E-state index in [9.17, 15) is 14.7 Å².